The highest BCUT2D eigenvalue weighted by atomic mass is 32.1. The van der Waals surface area contributed by atoms with Crippen molar-refractivity contribution in [2.45, 2.75) is 31.8 Å². The van der Waals surface area contributed by atoms with Crippen LogP contribution in [0.2, 0.25) is 0 Å². The first-order valence-electron chi connectivity index (χ1n) is 9.58. The number of nitrogens with one attached hydrogen (secondary N) is 2. The third-order valence-corrected chi connectivity index (χ3v) is 6.50. The molecular weight excluding hydrogens is 352 g/mol. The van der Waals surface area contributed by atoms with E-state index < -0.39 is 0 Å². The van der Waals surface area contributed by atoms with Crippen LogP contribution in [0, 0.1) is 0 Å². The molecule has 3 nitrogen and oxygen atoms in total. The molecule has 1 fully saturated rings. The predicted molar refractivity (Wildman–Crippen MR) is 112 cm³/mol. The number of carbonyl (C=O) groups excluding carboxylic acids is 1. The van der Waals surface area contributed by atoms with E-state index in [1.807, 2.05) is 36.4 Å². The number of thiophene rings is 1. The van der Waals surface area contributed by atoms with Crippen LogP contribution < -0.4 is 10.2 Å². The fourth-order valence-electron chi connectivity index (χ4n) is 4.07. The molecule has 1 saturated heterocycles. The number of hydrogen-bond acceptors (Lipinski definition) is 2. The third kappa shape index (κ3) is 3.82. The highest BCUT2D eigenvalue weighted by Crippen LogP contribution is 2.28. The Kier molecular flexibility index (Phi) is 5.37. The maximum Gasteiger partial charge on any atom is 0.282 e. The van der Waals surface area contributed by atoms with Gasteiger partial charge in [-0.1, -0.05) is 54.6 Å². The molecule has 1 unspecified atom stereocenters. The second-order valence-electron chi connectivity index (χ2n) is 7.16. The van der Waals surface area contributed by atoms with Crippen LogP contribution in [0.3, 0.4) is 0 Å². The summed E-state index contributed by atoms with van der Waals surface area (Å²) < 4.78 is 0. The lowest BCUT2D eigenvalue weighted by Crippen LogP contribution is -3.15. The molecule has 2 heterocycles. The van der Waals surface area contributed by atoms with Crippen LogP contribution in [0.25, 0.3) is 11.1 Å². The number of quaternary nitrogens is 1. The molecule has 1 aromatic heterocycles. The topological polar surface area (TPSA) is 33.5 Å². The summed E-state index contributed by atoms with van der Waals surface area (Å²) in [5, 5.41) is 5.33. The molecule has 1 aliphatic heterocycles. The van der Waals surface area contributed by atoms with Gasteiger partial charge in [0.15, 0.2) is 6.04 Å². The molecule has 3 aromatic rings. The molecule has 138 valence electrons. The second-order valence-corrected chi connectivity index (χ2v) is 8.14. The van der Waals surface area contributed by atoms with E-state index in [9.17, 15) is 4.79 Å². The number of anilines is 1. The SMILES string of the molecule is C[C@H](C(=O)Nc1ccccc1-c1ccccc1)[NH+]1CCC[C@@H]1c1cccs1. The summed E-state index contributed by atoms with van der Waals surface area (Å²) in [6.45, 7) is 3.11. The number of rotatable bonds is 5. The average Bonchev–Trinajstić information content (AvgIpc) is 3.40. The van der Waals surface area contributed by atoms with Crippen molar-refractivity contribution in [1.82, 2.24) is 0 Å². The maximum atomic E-state index is 13.1. The Hall–Kier alpha value is -2.43. The molecule has 27 heavy (non-hydrogen) atoms. The molecule has 3 atom stereocenters. The van der Waals surface area contributed by atoms with E-state index in [1.54, 1.807) is 11.3 Å². The molecule has 2 aromatic carbocycles. The molecule has 4 heteroatoms. The van der Waals surface area contributed by atoms with Gasteiger partial charge in [-0.05, 0) is 30.0 Å². The van der Waals surface area contributed by atoms with E-state index in [0.717, 1.165) is 29.8 Å². The third-order valence-electron chi connectivity index (χ3n) is 5.51. The number of para-hydroxylation sites is 1. The van der Waals surface area contributed by atoms with Gasteiger partial charge in [-0.2, -0.15) is 0 Å². The van der Waals surface area contributed by atoms with E-state index >= 15 is 0 Å². The maximum absolute atomic E-state index is 13.1. The van der Waals surface area contributed by atoms with Gasteiger partial charge in [-0.15, -0.1) is 11.3 Å². The first-order valence-corrected chi connectivity index (χ1v) is 10.5. The van der Waals surface area contributed by atoms with Gasteiger partial charge in [-0.3, -0.25) is 4.79 Å². The van der Waals surface area contributed by atoms with Gasteiger partial charge < -0.3 is 10.2 Å². The summed E-state index contributed by atoms with van der Waals surface area (Å²) in [5.74, 6) is 0.0943. The Morgan fingerprint density at radius 3 is 2.63 bits per heavy atom. The normalized spacial score (nSPS) is 20.3. The van der Waals surface area contributed by atoms with Gasteiger partial charge >= 0.3 is 0 Å². The number of hydrogen-bond donors (Lipinski definition) is 2. The average molecular weight is 378 g/mol. The van der Waals surface area contributed by atoms with Crippen molar-refractivity contribution in [1.29, 1.82) is 0 Å². The van der Waals surface area contributed by atoms with Crippen molar-refractivity contribution in [2.75, 3.05) is 11.9 Å². The fraction of sp³-hybridized carbons (Fsp3) is 0.261. The van der Waals surface area contributed by atoms with Crippen molar-refractivity contribution >= 4 is 22.9 Å². The van der Waals surface area contributed by atoms with Gasteiger partial charge in [0.2, 0.25) is 0 Å². The van der Waals surface area contributed by atoms with Crippen LogP contribution in [0.1, 0.15) is 30.7 Å². The minimum absolute atomic E-state index is 0.0802. The Labute approximate surface area is 164 Å². The van der Waals surface area contributed by atoms with E-state index in [4.69, 9.17) is 0 Å². The van der Waals surface area contributed by atoms with Crippen molar-refractivity contribution in [3.63, 3.8) is 0 Å². The van der Waals surface area contributed by atoms with E-state index in [-0.39, 0.29) is 11.9 Å². The molecule has 1 aliphatic rings. The molecule has 0 saturated carbocycles. The summed E-state index contributed by atoms with van der Waals surface area (Å²) in [5.41, 5.74) is 3.06. The van der Waals surface area contributed by atoms with Crippen LogP contribution in [-0.4, -0.2) is 18.5 Å². The Balaban J connectivity index is 1.53. The molecule has 0 spiro atoms. The van der Waals surface area contributed by atoms with Gasteiger partial charge in [0.1, 0.15) is 6.04 Å². The summed E-state index contributed by atoms with van der Waals surface area (Å²) in [6, 6.07) is 22.9. The van der Waals surface area contributed by atoms with E-state index in [1.165, 1.54) is 16.2 Å². The summed E-state index contributed by atoms with van der Waals surface area (Å²) in [6.07, 6.45) is 2.34. The van der Waals surface area contributed by atoms with Gasteiger partial charge in [0, 0.05) is 24.1 Å². The highest BCUT2D eigenvalue weighted by molar-refractivity contribution is 7.10. The lowest BCUT2D eigenvalue weighted by Gasteiger charge is -2.26. The van der Waals surface area contributed by atoms with Crippen LogP contribution >= 0.6 is 11.3 Å². The van der Waals surface area contributed by atoms with E-state index in [0.29, 0.717) is 6.04 Å². The van der Waals surface area contributed by atoms with Gasteiger partial charge in [-0.25, -0.2) is 0 Å². The number of amides is 1. The van der Waals surface area contributed by atoms with Crippen molar-refractivity contribution in [2.24, 2.45) is 0 Å². The Morgan fingerprint density at radius 2 is 1.85 bits per heavy atom. The van der Waals surface area contributed by atoms with Crippen molar-refractivity contribution < 1.29 is 9.69 Å². The fourth-order valence-corrected chi connectivity index (χ4v) is 4.98. The van der Waals surface area contributed by atoms with Crippen molar-refractivity contribution in [3.05, 3.63) is 77.0 Å². The molecule has 4 rings (SSSR count). The van der Waals surface area contributed by atoms with Crippen molar-refractivity contribution in [3.8, 4) is 11.1 Å². The molecular formula is C23H25N2OS+. The van der Waals surface area contributed by atoms with Gasteiger partial charge in [0.25, 0.3) is 5.91 Å². The Bertz CT molecular complexity index is 892. The minimum Gasteiger partial charge on any atom is -0.320 e. The zero-order chi connectivity index (χ0) is 18.6. The lowest BCUT2D eigenvalue weighted by molar-refractivity contribution is -0.931. The summed E-state index contributed by atoms with van der Waals surface area (Å²) >= 11 is 1.80. The quantitative estimate of drug-likeness (QED) is 0.688. The van der Waals surface area contributed by atoms with Crippen LogP contribution in [0.5, 0.6) is 0 Å². The second kappa shape index (κ2) is 8.07. The van der Waals surface area contributed by atoms with Crippen LogP contribution in [0.4, 0.5) is 5.69 Å². The molecule has 2 N–H and O–H groups in total. The summed E-state index contributed by atoms with van der Waals surface area (Å²) in [7, 11) is 0. The smallest absolute Gasteiger partial charge is 0.282 e. The predicted octanol–water partition coefficient (Wildman–Crippen LogP) is 4.16. The standard InChI is InChI=1S/C23H24N2OS/c1-17(25-15-7-13-21(25)22-14-8-16-27-22)23(26)24-20-12-6-5-11-19(20)18-9-3-2-4-10-18/h2-6,8-12,14,16-17,21H,7,13,15H2,1H3,(H,24,26)/p+1/t17-,21-/m1/s1. The number of benzene rings is 2. The molecule has 0 radical (unpaired) electrons. The van der Waals surface area contributed by atoms with E-state index in [2.05, 4.69) is 48.0 Å². The molecule has 0 bridgehead atoms. The minimum atomic E-state index is -0.0802. The zero-order valence-corrected chi connectivity index (χ0v) is 16.3. The highest BCUT2D eigenvalue weighted by Gasteiger charge is 2.37. The first kappa shape index (κ1) is 18.0. The molecule has 0 aliphatic carbocycles. The molecule has 1 amide bonds. The monoisotopic (exact) mass is 377 g/mol. The largest absolute Gasteiger partial charge is 0.320 e. The van der Waals surface area contributed by atoms with Gasteiger partial charge in [0.05, 0.1) is 11.4 Å². The van der Waals surface area contributed by atoms with Crippen LogP contribution in [0.15, 0.2) is 72.1 Å². The van der Waals surface area contributed by atoms with Crippen LogP contribution in [-0.2, 0) is 4.79 Å². The number of carbonyl (C=O) groups is 1. The number of likely N-dealkylation sites (tertiary alicyclic amines) is 1. The first-order chi connectivity index (χ1) is 13.2. The lowest BCUT2D eigenvalue weighted by atomic mass is 10.0. The zero-order valence-electron chi connectivity index (χ0n) is 15.5. The summed E-state index contributed by atoms with van der Waals surface area (Å²) in [4.78, 5) is 15.8. The Morgan fingerprint density at radius 1 is 1.07 bits per heavy atom.